The van der Waals surface area contributed by atoms with E-state index in [1.807, 2.05) is 9.80 Å². The first-order valence-electron chi connectivity index (χ1n) is 9.44. The molecule has 2 aliphatic heterocycles. The van der Waals surface area contributed by atoms with E-state index in [1.54, 1.807) is 6.08 Å². The summed E-state index contributed by atoms with van der Waals surface area (Å²) in [4.78, 5) is 28.5. The molecule has 0 unspecified atom stereocenters. The summed E-state index contributed by atoms with van der Waals surface area (Å²) in [5.41, 5.74) is 3.44. The number of benzene rings is 1. The van der Waals surface area contributed by atoms with E-state index in [4.69, 9.17) is 0 Å². The van der Waals surface area contributed by atoms with Crippen molar-refractivity contribution < 1.29 is 9.59 Å². The van der Waals surface area contributed by atoms with Crippen LogP contribution in [0.15, 0.2) is 30.3 Å². The second-order valence-electron chi connectivity index (χ2n) is 7.14. The molecule has 0 radical (unpaired) electrons. The zero-order valence-corrected chi connectivity index (χ0v) is 15.3. The van der Waals surface area contributed by atoms with Gasteiger partial charge in [0.25, 0.3) is 0 Å². The number of piperidine rings is 1. The third-order valence-corrected chi connectivity index (χ3v) is 5.43. The molecule has 2 heterocycles. The molecule has 0 N–H and O–H groups in total. The number of nitrogens with zero attached hydrogens (tertiary/aromatic N) is 2. The van der Waals surface area contributed by atoms with Gasteiger partial charge in [0.2, 0.25) is 11.8 Å². The molecule has 2 saturated heterocycles. The van der Waals surface area contributed by atoms with Gasteiger partial charge in [-0.05, 0) is 43.7 Å². The van der Waals surface area contributed by atoms with Gasteiger partial charge in [-0.2, -0.15) is 0 Å². The number of carbonyl (C=O) groups is 2. The second-order valence-corrected chi connectivity index (χ2v) is 7.14. The van der Waals surface area contributed by atoms with Gasteiger partial charge in [-0.15, -0.1) is 0 Å². The Labute approximate surface area is 150 Å². The van der Waals surface area contributed by atoms with Crippen molar-refractivity contribution in [1.82, 2.24) is 9.80 Å². The van der Waals surface area contributed by atoms with Gasteiger partial charge < -0.3 is 9.80 Å². The number of amides is 2. The smallest absolute Gasteiger partial charge is 0.246 e. The van der Waals surface area contributed by atoms with E-state index in [2.05, 4.69) is 38.1 Å². The monoisotopic (exact) mass is 340 g/mol. The summed E-state index contributed by atoms with van der Waals surface area (Å²) in [6.45, 7) is 6.54. The van der Waals surface area contributed by atoms with Crippen molar-refractivity contribution in [2.45, 2.75) is 52.0 Å². The van der Waals surface area contributed by atoms with Crippen molar-refractivity contribution in [2.24, 2.45) is 0 Å². The minimum absolute atomic E-state index is 0.101. The van der Waals surface area contributed by atoms with E-state index < -0.39 is 0 Å². The molecule has 1 aromatic carbocycles. The average Bonchev–Trinajstić information content (AvgIpc) is 3.06. The third kappa shape index (κ3) is 4.12. The van der Waals surface area contributed by atoms with Crippen molar-refractivity contribution in [1.29, 1.82) is 0 Å². The Balaban J connectivity index is 1.61. The molecule has 1 aromatic rings. The third-order valence-electron chi connectivity index (χ3n) is 5.43. The van der Waals surface area contributed by atoms with Crippen LogP contribution in [0.3, 0.4) is 0 Å². The Hall–Kier alpha value is -2.10. The van der Waals surface area contributed by atoms with Crippen LogP contribution in [-0.2, 0) is 9.59 Å². The molecule has 2 aliphatic rings. The zero-order valence-electron chi connectivity index (χ0n) is 15.3. The largest absolute Gasteiger partial charge is 0.340 e. The normalized spacial score (nSPS) is 19.6. The minimum atomic E-state index is 0.101. The van der Waals surface area contributed by atoms with E-state index in [0.717, 1.165) is 56.5 Å². The molecule has 0 bridgehead atoms. The van der Waals surface area contributed by atoms with E-state index in [-0.39, 0.29) is 11.8 Å². The van der Waals surface area contributed by atoms with Crippen LogP contribution in [0.2, 0.25) is 0 Å². The maximum absolute atomic E-state index is 12.7. The summed E-state index contributed by atoms with van der Waals surface area (Å²) in [6, 6.07) is 8.67. The Morgan fingerprint density at radius 2 is 1.84 bits per heavy atom. The van der Waals surface area contributed by atoms with E-state index >= 15 is 0 Å². The standard InChI is InChI=1S/C21H28N2O2/c1-3-17(18-8-6-16(2)7-9-18)15-21(25)22-13-10-19(11-14-22)23-12-4-5-20(23)24/h6-9,15,19H,3-5,10-14H2,1-2H3/b17-15-. The van der Waals surface area contributed by atoms with Crippen LogP contribution in [0.4, 0.5) is 0 Å². The molecule has 4 nitrogen and oxygen atoms in total. The van der Waals surface area contributed by atoms with Crippen molar-refractivity contribution >= 4 is 17.4 Å². The highest BCUT2D eigenvalue weighted by Gasteiger charge is 2.31. The van der Waals surface area contributed by atoms with Gasteiger partial charge in [0.1, 0.15) is 0 Å². The van der Waals surface area contributed by atoms with Gasteiger partial charge in [-0.25, -0.2) is 0 Å². The van der Waals surface area contributed by atoms with Crippen molar-refractivity contribution in [2.75, 3.05) is 19.6 Å². The highest BCUT2D eigenvalue weighted by molar-refractivity contribution is 5.95. The lowest BCUT2D eigenvalue weighted by molar-refractivity contribution is -0.132. The molecule has 3 rings (SSSR count). The molecule has 0 atom stereocenters. The number of hydrogen-bond acceptors (Lipinski definition) is 2. The van der Waals surface area contributed by atoms with Crippen LogP contribution in [-0.4, -0.2) is 47.3 Å². The predicted octanol–water partition coefficient (Wildman–Crippen LogP) is 3.40. The number of hydrogen-bond donors (Lipinski definition) is 0. The number of rotatable bonds is 4. The predicted molar refractivity (Wildman–Crippen MR) is 100.0 cm³/mol. The number of carbonyl (C=O) groups excluding carboxylic acids is 2. The van der Waals surface area contributed by atoms with E-state index in [9.17, 15) is 9.59 Å². The Kier molecular flexibility index (Phi) is 5.57. The fourth-order valence-electron chi connectivity index (χ4n) is 3.85. The molecule has 4 heteroatoms. The molecule has 2 fully saturated rings. The topological polar surface area (TPSA) is 40.6 Å². The summed E-state index contributed by atoms with van der Waals surface area (Å²) in [5.74, 6) is 0.390. The first-order chi connectivity index (χ1) is 12.1. The van der Waals surface area contributed by atoms with Crippen molar-refractivity contribution in [3.8, 4) is 0 Å². The SMILES string of the molecule is CC/C(=C/C(=O)N1CCC(N2CCCC2=O)CC1)c1ccc(C)cc1. The molecule has 0 aliphatic carbocycles. The van der Waals surface area contributed by atoms with E-state index in [1.165, 1.54) is 5.56 Å². The maximum atomic E-state index is 12.7. The first-order valence-corrected chi connectivity index (χ1v) is 9.44. The highest BCUT2D eigenvalue weighted by Crippen LogP contribution is 2.23. The van der Waals surface area contributed by atoms with Crippen LogP contribution >= 0.6 is 0 Å². The van der Waals surface area contributed by atoms with Crippen LogP contribution in [0.1, 0.15) is 50.2 Å². The van der Waals surface area contributed by atoms with Crippen LogP contribution < -0.4 is 0 Å². The quantitative estimate of drug-likeness (QED) is 0.788. The molecule has 2 amide bonds. The summed E-state index contributed by atoms with van der Waals surface area (Å²) in [6.07, 6.45) is 6.11. The molecule has 134 valence electrons. The second kappa shape index (κ2) is 7.85. The molecule has 0 spiro atoms. The van der Waals surface area contributed by atoms with Gasteiger partial charge in [0, 0.05) is 38.2 Å². The highest BCUT2D eigenvalue weighted by atomic mass is 16.2. The molecular weight excluding hydrogens is 312 g/mol. The Morgan fingerprint density at radius 1 is 1.16 bits per heavy atom. The molecule has 25 heavy (non-hydrogen) atoms. The lowest BCUT2D eigenvalue weighted by Gasteiger charge is -2.36. The summed E-state index contributed by atoms with van der Waals surface area (Å²) < 4.78 is 0. The molecule has 0 aromatic heterocycles. The fraction of sp³-hybridized carbons (Fsp3) is 0.524. The van der Waals surface area contributed by atoms with Gasteiger partial charge in [-0.3, -0.25) is 9.59 Å². The Morgan fingerprint density at radius 3 is 2.40 bits per heavy atom. The summed E-state index contributed by atoms with van der Waals surface area (Å²) in [5, 5.41) is 0. The first kappa shape index (κ1) is 17.7. The minimum Gasteiger partial charge on any atom is -0.340 e. The number of likely N-dealkylation sites (tertiary alicyclic amines) is 2. The lowest BCUT2D eigenvalue weighted by Crippen LogP contribution is -2.46. The van der Waals surface area contributed by atoms with Gasteiger partial charge in [0.15, 0.2) is 0 Å². The van der Waals surface area contributed by atoms with Gasteiger partial charge >= 0.3 is 0 Å². The summed E-state index contributed by atoms with van der Waals surface area (Å²) >= 11 is 0. The van der Waals surface area contributed by atoms with Crippen LogP contribution in [0, 0.1) is 6.92 Å². The average molecular weight is 340 g/mol. The Bertz CT molecular complexity index is 655. The summed E-state index contributed by atoms with van der Waals surface area (Å²) in [7, 11) is 0. The molecular formula is C21H28N2O2. The number of aryl methyl sites for hydroxylation is 1. The van der Waals surface area contributed by atoms with Crippen LogP contribution in [0.25, 0.3) is 5.57 Å². The fourth-order valence-corrected chi connectivity index (χ4v) is 3.85. The van der Waals surface area contributed by atoms with Gasteiger partial charge in [0.05, 0.1) is 0 Å². The maximum Gasteiger partial charge on any atom is 0.246 e. The van der Waals surface area contributed by atoms with Crippen LogP contribution in [0.5, 0.6) is 0 Å². The zero-order chi connectivity index (χ0) is 17.8. The van der Waals surface area contributed by atoms with Crippen molar-refractivity contribution in [3.63, 3.8) is 0 Å². The lowest BCUT2D eigenvalue weighted by atomic mass is 10.0. The van der Waals surface area contributed by atoms with E-state index in [0.29, 0.717) is 12.5 Å². The van der Waals surface area contributed by atoms with Crippen molar-refractivity contribution in [3.05, 3.63) is 41.5 Å². The molecule has 0 saturated carbocycles. The van der Waals surface area contributed by atoms with Gasteiger partial charge in [-0.1, -0.05) is 36.8 Å². The number of allylic oxidation sites excluding steroid dienone is 1.